The number of hydrogen-bond donors (Lipinski definition) is 2. The van der Waals surface area contributed by atoms with Crippen molar-refractivity contribution < 1.29 is 14.7 Å². The zero-order valence-corrected chi connectivity index (χ0v) is 12.1. The van der Waals surface area contributed by atoms with Gasteiger partial charge in [0.1, 0.15) is 0 Å². The molecule has 1 aromatic heterocycles. The summed E-state index contributed by atoms with van der Waals surface area (Å²) >= 11 is 1.51. The molecular formula is C15H14N2O3S. The Hall–Kier alpha value is -2.21. The minimum atomic E-state index is -1.02. The fourth-order valence-electron chi connectivity index (χ4n) is 2.46. The molecule has 1 heterocycles. The Balaban J connectivity index is 1.70. The van der Waals surface area contributed by atoms with Crippen molar-refractivity contribution in [3.63, 3.8) is 0 Å². The summed E-state index contributed by atoms with van der Waals surface area (Å²) in [5, 5.41) is 12.5. The molecule has 1 aromatic carbocycles. The van der Waals surface area contributed by atoms with E-state index in [1.54, 1.807) is 18.2 Å². The Morgan fingerprint density at radius 3 is 2.86 bits per heavy atom. The Labute approximate surface area is 125 Å². The van der Waals surface area contributed by atoms with Crippen molar-refractivity contribution in [2.45, 2.75) is 25.7 Å². The van der Waals surface area contributed by atoms with Crippen LogP contribution in [0.5, 0.6) is 0 Å². The third-order valence-corrected chi connectivity index (χ3v) is 4.51. The van der Waals surface area contributed by atoms with Gasteiger partial charge in [-0.2, -0.15) is 0 Å². The highest BCUT2D eigenvalue weighted by Gasteiger charge is 2.18. The normalized spacial score (nSPS) is 13.0. The zero-order valence-electron chi connectivity index (χ0n) is 11.3. The average Bonchev–Trinajstić information content (AvgIpc) is 2.99. The van der Waals surface area contributed by atoms with Gasteiger partial charge in [-0.05, 0) is 30.9 Å². The van der Waals surface area contributed by atoms with Crippen molar-refractivity contribution in [2.75, 3.05) is 5.32 Å². The SMILES string of the molecule is O=C(Cc1ccccc1C(=O)O)Nc1nc2c(s1)CCC2. The maximum Gasteiger partial charge on any atom is 0.335 e. The summed E-state index contributed by atoms with van der Waals surface area (Å²) in [6.07, 6.45) is 3.18. The lowest BCUT2D eigenvalue weighted by molar-refractivity contribution is -0.115. The number of carbonyl (C=O) groups is 2. The van der Waals surface area contributed by atoms with Crippen LogP contribution < -0.4 is 5.32 Å². The van der Waals surface area contributed by atoms with Gasteiger partial charge < -0.3 is 10.4 Å². The summed E-state index contributed by atoms with van der Waals surface area (Å²) in [5.74, 6) is -1.26. The lowest BCUT2D eigenvalue weighted by atomic mass is 10.0. The first-order chi connectivity index (χ1) is 10.1. The summed E-state index contributed by atoms with van der Waals surface area (Å²) < 4.78 is 0. The lowest BCUT2D eigenvalue weighted by Gasteiger charge is -2.05. The number of nitrogens with one attached hydrogen (secondary N) is 1. The molecule has 2 N–H and O–H groups in total. The van der Waals surface area contributed by atoms with Gasteiger partial charge in [0.05, 0.1) is 17.7 Å². The van der Waals surface area contributed by atoms with Gasteiger partial charge in [0, 0.05) is 4.88 Å². The topological polar surface area (TPSA) is 79.3 Å². The second-order valence-corrected chi connectivity index (χ2v) is 6.01. The minimum Gasteiger partial charge on any atom is -0.478 e. The average molecular weight is 302 g/mol. The lowest BCUT2D eigenvalue weighted by Crippen LogP contribution is -2.16. The summed E-state index contributed by atoms with van der Waals surface area (Å²) in [5.41, 5.74) is 1.75. The molecule has 1 amide bonds. The van der Waals surface area contributed by atoms with Crippen LogP contribution in [0.25, 0.3) is 0 Å². The first-order valence-corrected chi connectivity index (χ1v) is 7.55. The molecule has 2 aromatic rings. The third kappa shape index (κ3) is 2.95. The number of aryl methyl sites for hydroxylation is 2. The highest BCUT2D eigenvalue weighted by molar-refractivity contribution is 7.15. The number of rotatable bonds is 4. The highest BCUT2D eigenvalue weighted by atomic mass is 32.1. The number of anilines is 1. The smallest absolute Gasteiger partial charge is 0.335 e. The number of carboxylic acid groups (broad SMARTS) is 1. The van der Waals surface area contributed by atoms with E-state index in [0.29, 0.717) is 10.7 Å². The van der Waals surface area contributed by atoms with E-state index in [-0.39, 0.29) is 17.9 Å². The fourth-order valence-corrected chi connectivity index (χ4v) is 3.53. The summed E-state index contributed by atoms with van der Waals surface area (Å²) in [7, 11) is 0. The highest BCUT2D eigenvalue weighted by Crippen LogP contribution is 2.30. The number of carboxylic acids is 1. The monoisotopic (exact) mass is 302 g/mol. The number of aromatic carboxylic acids is 1. The van der Waals surface area contributed by atoms with Gasteiger partial charge in [0.2, 0.25) is 5.91 Å². The number of benzene rings is 1. The summed E-state index contributed by atoms with van der Waals surface area (Å²) in [6.45, 7) is 0. The van der Waals surface area contributed by atoms with E-state index < -0.39 is 5.97 Å². The molecule has 0 saturated heterocycles. The van der Waals surface area contributed by atoms with Crippen LogP contribution in [0.3, 0.4) is 0 Å². The molecule has 0 radical (unpaired) electrons. The fraction of sp³-hybridized carbons (Fsp3) is 0.267. The van der Waals surface area contributed by atoms with Gasteiger partial charge >= 0.3 is 5.97 Å². The van der Waals surface area contributed by atoms with E-state index >= 15 is 0 Å². The standard InChI is InChI=1S/C15H14N2O3S/c18-13(8-9-4-1-2-5-10(9)14(19)20)17-15-16-11-6-3-7-12(11)21-15/h1-2,4-5H,3,6-8H2,(H,19,20)(H,16,17,18). The molecule has 0 atom stereocenters. The van der Waals surface area contributed by atoms with Crippen molar-refractivity contribution in [3.8, 4) is 0 Å². The molecule has 0 fully saturated rings. The molecule has 1 aliphatic carbocycles. The number of hydrogen-bond acceptors (Lipinski definition) is 4. The van der Waals surface area contributed by atoms with Crippen molar-refractivity contribution in [1.82, 2.24) is 4.98 Å². The second-order valence-electron chi connectivity index (χ2n) is 4.93. The van der Waals surface area contributed by atoms with Gasteiger partial charge in [-0.1, -0.05) is 18.2 Å². The van der Waals surface area contributed by atoms with E-state index in [2.05, 4.69) is 10.3 Å². The number of nitrogens with zero attached hydrogens (tertiary/aromatic N) is 1. The third-order valence-electron chi connectivity index (χ3n) is 3.44. The molecule has 0 spiro atoms. The summed E-state index contributed by atoms with van der Waals surface area (Å²) in [6, 6.07) is 6.54. The molecule has 5 nitrogen and oxygen atoms in total. The van der Waals surface area contributed by atoms with E-state index in [1.807, 2.05) is 0 Å². The van der Waals surface area contributed by atoms with Crippen molar-refractivity contribution in [2.24, 2.45) is 0 Å². The molecular weight excluding hydrogens is 288 g/mol. The number of amides is 1. The first-order valence-electron chi connectivity index (χ1n) is 6.73. The molecule has 3 rings (SSSR count). The molecule has 0 bridgehead atoms. The van der Waals surface area contributed by atoms with Gasteiger partial charge in [0.15, 0.2) is 5.13 Å². The number of fused-ring (bicyclic) bond motifs is 1. The van der Waals surface area contributed by atoms with E-state index in [0.717, 1.165) is 25.0 Å². The molecule has 0 unspecified atom stereocenters. The van der Waals surface area contributed by atoms with E-state index in [4.69, 9.17) is 5.11 Å². The molecule has 108 valence electrons. The number of aromatic nitrogens is 1. The van der Waals surface area contributed by atoms with Crippen molar-refractivity contribution in [3.05, 3.63) is 46.0 Å². The Morgan fingerprint density at radius 2 is 2.10 bits per heavy atom. The van der Waals surface area contributed by atoms with Crippen LogP contribution in [-0.4, -0.2) is 22.0 Å². The van der Waals surface area contributed by atoms with Crippen LogP contribution in [0.2, 0.25) is 0 Å². The minimum absolute atomic E-state index is 0.0344. The first kappa shape index (κ1) is 13.8. The largest absolute Gasteiger partial charge is 0.478 e. The molecule has 6 heteroatoms. The molecule has 21 heavy (non-hydrogen) atoms. The van der Waals surface area contributed by atoms with Crippen LogP contribution in [0.4, 0.5) is 5.13 Å². The quantitative estimate of drug-likeness (QED) is 0.909. The van der Waals surface area contributed by atoms with E-state index in [9.17, 15) is 9.59 Å². The maximum atomic E-state index is 12.0. The number of carbonyl (C=O) groups excluding carboxylic acids is 1. The Bertz CT molecular complexity index is 687. The Kier molecular flexibility index (Phi) is 3.70. The van der Waals surface area contributed by atoms with E-state index in [1.165, 1.54) is 22.3 Å². The van der Waals surface area contributed by atoms with Gasteiger partial charge in [-0.25, -0.2) is 9.78 Å². The van der Waals surface area contributed by atoms with Gasteiger partial charge in [-0.3, -0.25) is 4.79 Å². The number of thiazole rings is 1. The molecule has 1 aliphatic rings. The zero-order chi connectivity index (χ0) is 14.8. The Morgan fingerprint density at radius 1 is 1.29 bits per heavy atom. The van der Waals surface area contributed by atoms with Crippen molar-refractivity contribution in [1.29, 1.82) is 0 Å². The van der Waals surface area contributed by atoms with Crippen LogP contribution in [-0.2, 0) is 24.1 Å². The van der Waals surface area contributed by atoms with Crippen LogP contribution in [0, 0.1) is 0 Å². The summed E-state index contributed by atoms with van der Waals surface area (Å²) in [4.78, 5) is 28.8. The predicted octanol–water partition coefficient (Wildman–Crippen LogP) is 2.51. The van der Waals surface area contributed by atoms with Crippen LogP contribution in [0.1, 0.15) is 32.9 Å². The molecule has 0 saturated carbocycles. The van der Waals surface area contributed by atoms with Gasteiger partial charge in [0.25, 0.3) is 0 Å². The van der Waals surface area contributed by atoms with Crippen LogP contribution in [0.15, 0.2) is 24.3 Å². The maximum absolute atomic E-state index is 12.0. The van der Waals surface area contributed by atoms with Gasteiger partial charge in [-0.15, -0.1) is 11.3 Å². The van der Waals surface area contributed by atoms with Crippen LogP contribution >= 0.6 is 11.3 Å². The second kappa shape index (κ2) is 5.65. The molecule has 0 aliphatic heterocycles. The predicted molar refractivity (Wildman–Crippen MR) is 79.9 cm³/mol. The van der Waals surface area contributed by atoms with Crippen molar-refractivity contribution >= 4 is 28.3 Å².